The molecule has 1 heterocycles. The molecule has 0 aliphatic heterocycles. The Balaban J connectivity index is 1.52. The fraction of sp³-hybridized carbons (Fsp3) is 0.148. The summed E-state index contributed by atoms with van der Waals surface area (Å²) in [5, 5.41) is 3.42. The van der Waals surface area contributed by atoms with Gasteiger partial charge in [-0.1, -0.05) is 60.7 Å². The van der Waals surface area contributed by atoms with Gasteiger partial charge in [0.2, 0.25) is 5.91 Å². The van der Waals surface area contributed by atoms with Crippen molar-refractivity contribution in [2.75, 3.05) is 12.4 Å². The largest absolute Gasteiger partial charge is 0.465 e. The highest BCUT2D eigenvalue weighted by Crippen LogP contribution is 2.48. The van der Waals surface area contributed by atoms with Crippen LogP contribution in [0.2, 0.25) is 0 Å². The van der Waals surface area contributed by atoms with Gasteiger partial charge in [0.1, 0.15) is 0 Å². The molecule has 1 amide bonds. The second-order valence-corrected chi connectivity index (χ2v) is 8.18. The summed E-state index contributed by atoms with van der Waals surface area (Å²) in [6.07, 6.45) is 1.53. The first-order valence-corrected chi connectivity index (χ1v) is 10.7. The van der Waals surface area contributed by atoms with Crippen LogP contribution >= 0.6 is 0 Å². The van der Waals surface area contributed by atoms with Gasteiger partial charge in [0.25, 0.3) is 0 Å². The summed E-state index contributed by atoms with van der Waals surface area (Å²) in [7, 11) is 1.29. The van der Waals surface area contributed by atoms with Gasteiger partial charge in [0.15, 0.2) is 6.29 Å². The summed E-state index contributed by atoms with van der Waals surface area (Å²) in [5.41, 5.74) is 4.23. The summed E-state index contributed by atoms with van der Waals surface area (Å²) in [5.74, 6) is -0.582. The molecule has 0 bridgehead atoms. The standard InChI is InChI=1S/C27H22N2O4/c1-33-27(32)21-12-18(28-26(31)20-14-19(20)16-8-4-2-5-9-16)13-23-24(21)22(15-30)25(29-23)17-10-6-3-7-11-17/h2-13,15,19-20,29H,14H2,1H3,(H,28,31)/t19-,20?/m0/s1. The summed E-state index contributed by atoms with van der Waals surface area (Å²) < 4.78 is 4.97. The number of aromatic nitrogens is 1. The SMILES string of the molecule is COC(=O)c1cc(NC(=O)C2C[C@H]2c2ccccc2)cc2[nH]c(-c3ccccc3)c(C=O)c12. The van der Waals surface area contributed by atoms with Gasteiger partial charge in [0, 0.05) is 28.1 Å². The molecule has 5 rings (SSSR count). The fourth-order valence-corrected chi connectivity index (χ4v) is 4.44. The molecule has 4 aromatic rings. The summed E-state index contributed by atoms with van der Waals surface area (Å²) in [6.45, 7) is 0. The molecule has 1 unspecified atom stereocenters. The highest BCUT2D eigenvalue weighted by Gasteiger charge is 2.43. The predicted octanol–water partition coefficient (Wildman–Crippen LogP) is 5.18. The zero-order chi connectivity index (χ0) is 22.9. The van der Waals surface area contributed by atoms with Crippen molar-refractivity contribution in [1.82, 2.24) is 4.98 Å². The molecule has 6 nitrogen and oxygen atoms in total. The molecule has 1 aromatic heterocycles. The molecule has 2 N–H and O–H groups in total. The van der Waals surface area contributed by atoms with Crippen LogP contribution in [-0.2, 0) is 9.53 Å². The first-order chi connectivity index (χ1) is 16.1. The maximum Gasteiger partial charge on any atom is 0.338 e. The van der Waals surface area contributed by atoms with Crippen molar-refractivity contribution in [2.24, 2.45) is 5.92 Å². The van der Waals surface area contributed by atoms with E-state index in [0.717, 1.165) is 23.8 Å². The molecule has 2 atom stereocenters. The van der Waals surface area contributed by atoms with Crippen LogP contribution in [0.3, 0.4) is 0 Å². The van der Waals surface area contributed by atoms with Gasteiger partial charge in [-0.25, -0.2) is 4.79 Å². The average molecular weight is 438 g/mol. The molecule has 33 heavy (non-hydrogen) atoms. The van der Waals surface area contributed by atoms with Crippen LogP contribution in [0.4, 0.5) is 5.69 Å². The van der Waals surface area contributed by atoms with Gasteiger partial charge in [-0.2, -0.15) is 0 Å². The molecule has 6 heteroatoms. The van der Waals surface area contributed by atoms with Crippen LogP contribution < -0.4 is 5.32 Å². The first kappa shape index (κ1) is 20.7. The smallest absolute Gasteiger partial charge is 0.338 e. The van der Waals surface area contributed by atoms with Crippen molar-refractivity contribution >= 4 is 34.8 Å². The predicted molar refractivity (Wildman–Crippen MR) is 126 cm³/mol. The molecular formula is C27H22N2O4. The maximum atomic E-state index is 12.9. The van der Waals surface area contributed by atoms with E-state index in [1.54, 1.807) is 12.1 Å². The Morgan fingerprint density at radius 1 is 1.03 bits per heavy atom. The van der Waals surface area contributed by atoms with E-state index in [9.17, 15) is 14.4 Å². The number of hydrogen-bond donors (Lipinski definition) is 2. The zero-order valence-electron chi connectivity index (χ0n) is 18.0. The van der Waals surface area contributed by atoms with Crippen LogP contribution in [0, 0.1) is 5.92 Å². The minimum Gasteiger partial charge on any atom is -0.465 e. The van der Waals surface area contributed by atoms with E-state index >= 15 is 0 Å². The summed E-state index contributed by atoms with van der Waals surface area (Å²) in [4.78, 5) is 40.8. The number of rotatable bonds is 6. The van der Waals surface area contributed by atoms with Gasteiger partial charge >= 0.3 is 5.97 Å². The van der Waals surface area contributed by atoms with E-state index in [-0.39, 0.29) is 23.3 Å². The normalized spacial score (nSPS) is 16.9. The van der Waals surface area contributed by atoms with E-state index in [1.165, 1.54) is 7.11 Å². The number of H-pyrrole nitrogens is 1. The van der Waals surface area contributed by atoms with Crippen molar-refractivity contribution in [3.63, 3.8) is 0 Å². The van der Waals surface area contributed by atoms with E-state index in [4.69, 9.17) is 4.74 Å². The Morgan fingerprint density at radius 2 is 1.73 bits per heavy atom. The number of carbonyl (C=O) groups is 3. The molecule has 1 aliphatic carbocycles. The van der Waals surface area contributed by atoms with Crippen molar-refractivity contribution in [2.45, 2.75) is 12.3 Å². The van der Waals surface area contributed by atoms with Crippen molar-refractivity contribution < 1.29 is 19.1 Å². The van der Waals surface area contributed by atoms with Crippen LogP contribution in [0.1, 0.15) is 38.6 Å². The highest BCUT2D eigenvalue weighted by molar-refractivity contribution is 6.15. The van der Waals surface area contributed by atoms with Crippen molar-refractivity contribution in [3.05, 3.63) is 89.5 Å². The van der Waals surface area contributed by atoms with Gasteiger partial charge in [-0.05, 0) is 35.6 Å². The van der Waals surface area contributed by atoms with E-state index < -0.39 is 5.97 Å². The highest BCUT2D eigenvalue weighted by atomic mass is 16.5. The number of hydrogen-bond acceptors (Lipinski definition) is 4. The molecule has 1 aliphatic rings. The van der Waals surface area contributed by atoms with Crippen LogP contribution in [-0.4, -0.2) is 30.3 Å². The molecule has 1 saturated carbocycles. The van der Waals surface area contributed by atoms with Gasteiger partial charge < -0.3 is 15.0 Å². The number of amides is 1. The molecular weight excluding hydrogens is 416 g/mol. The topological polar surface area (TPSA) is 88.3 Å². The number of esters is 1. The number of carbonyl (C=O) groups excluding carboxylic acids is 3. The van der Waals surface area contributed by atoms with Gasteiger partial charge in [-0.15, -0.1) is 0 Å². The minimum atomic E-state index is -0.577. The second kappa shape index (κ2) is 8.39. The number of aldehydes is 1. The quantitative estimate of drug-likeness (QED) is 0.321. The van der Waals surface area contributed by atoms with Gasteiger partial charge in [0.05, 0.1) is 18.4 Å². The van der Waals surface area contributed by atoms with Gasteiger partial charge in [-0.3, -0.25) is 9.59 Å². The molecule has 0 saturated heterocycles. The molecule has 0 radical (unpaired) electrons. The summed E-state index contributed by atoms with van der Waals surface area (Å²) in [6, 6.07) is 22.7. The molecule has 0 spiro atoms. The monoisotopic (exact) mass is 438 g/mol. The minimum absolute atomic E-state index is 0.0931. The Hall–Kier alpha value is -4.19. The van der Waals surface area contributed by atoms with Crippen LogP contribution in [0.25, 0.3) is 22.2 Å². The molecule has 164 valence electrons. The number of fused-ring (bicyclic) bond motifs is 1. The number of anilines is 1. The number of ether oxygens (including phenoxy) is 1. The Morgan fingerprint density at radius 3 is 2.39 bits per heavy atom. The number of nitrogens with one attached hydrogen (secondary N) is 2. The fourth-order valence-electron chi connectivity index (χ4n) is 4.44. The number of aromatic amines is 1. The maximum absolute atomic E-state index is 12.9. The van der Waals surface area contributed by atoms with E-state index in [0.29, 0.717) is 27.8 Å². The van der Waals surface area contributed by atoms with E-state index in [2.05, 4.69) is 10.3 Å². The average Bonchev–Trinajstić information content (AvgIpc) is 3.58. The zero-order valence-corrected chi connectivity index (χ0v) is 18.0. The Labute approximate surface area is 190 Å². The lowest BCUT2D eigenvalue weighted by Crippen LogP contribution is -2.15. The molecule has 1 fully saturated rings. The third-order valence-corrected chi connectivity index (χ3v) is 6.14. The lowest BCUT2D eigenvalue weighted by atomic mass is 10.0. The molecule has 3 aromatic carbocycles. The Kier molecular flexibility index (Phi) is 5.26. The number of benzene rings is 3. The first-order valence-electron chi connectivity index (χ1n) is 10.7. The third kappa shape index (κ3) is 3.80. The lowest BCUT2D eigenvalue weighted by molar-refractivity contribution is -0.117. The van der Waals surface area contributed by atoms with Crippen LogP contribution in [0.15, 0.2) is 72.8 Å². The van der Waals surface area contributed by atoms with Crippen molar-refractivity contribution in [3.8, 4) is 11.3 Å². The Bertz CT molecular complexity index is 1360. The lowest BCUT2D eigenvalue weighted by Gasteiger charge is -2.09. The number of methoxy groups -OCH3 is 1. The summed E-state index contributed by atoms with van der Waals surface area (Å²) >= 11 is 0. The van der Waals surface area contributed by atoms with E-state index in [1.807, 2.05) is 60.7 Å². The van der Waals surface area contributed by atoms with Crippen molar-refractivity contribution in [1.29, 1.82) is 0 Å². The second-order valence-electron chi connectivity index (χ2n) is 8.18. The third-order valence-electron chi connectivity index (χ3n) is 6.14. The van der Waals surface area contributed by atoms with Crippen LogP contribution in [0.5, 0.6) is 0 Å².